The molecule has 0 aliphatic carbocycles. The Morgan fingerprint density at radius 2 is 2.32 bits per heavy atom. The molecule has 1 fully saturated rings. The summed E-state index contributed by atoms with van der Waals surface area (Å²) in [6.07, 6.45) is 1.64. The molecule has 0 radical (unpaired) electrons. The summed E-state index contributed by atoms with van der Waals surface area (Å²) >= 11 is 0. The maximum Gasteiger partial charge on any atom is 0.342 e. The zero-order chi connectivity index (χ0) is 14.0. The van der Waals surface area contributed by atoms with Crippen molar-refractivity contribution in [2.75, 3.05) is 13.1 Å². The highest BCUT2D eigenvalue weighted by Crippen LogP contribution is 2.16. The van der Waals surface area contributed by atoms with Crippen molar-refractivity contribution in [1.29, 1.82) is 0 Å². The molecule has 1 amide bonds. The quantitative estimate of drug-likeness (QED) is 0.602. The van der Waals surface area contributed by atoms with Crippen molar-refractivity contribution in [3.8, 4) is 0 Å². The lowest BCUT2D eigenvalue weighted by atomic mass is 10.3. The molecule has 104 valence electrons. The van der Waals surface area contributed by atoms with E-state index in [0.717, 1.165) is 6.42 Å². The van der Waals surface area contributed by atoms with Crippen LogP contribution in [0.3, 0.4) is 0 Å². The molecule has 8 nitrogen and oxygen atoms in total. The zero-order valence-corrected chi connectivity index (χ0v) is 10.7. The normalized spacial score (nSPS) is 16.9. The van der Waals surface area contributed by atoms with Crippen molar-refractivity contribution < 1.29 is 14.8 Å². The van der Waals surface area contributed by atoms with Gasteiger partial charge in [-0.3, -0.25) is 4.79 Å². The molecular weight excluding hydrogens is 252 g/mol. The number of hydrogen-bond donors (Lipinski definition) is 1. The van der Waals surface area contributed by atoms with Crippen molar-refractivity contribution >= 4 is 11.7 Å². The molecule has 1 aromatic heterocycles. The van der Waals surface area contributed by atoms with Gasteiger partial charge in [0.05, 0.1) is 6.54 Å². The predicted octanol–water partition coefficient (Wildman–Crippen LogP) is 0.0830. The Morgan fingerprint density at radius 1 is 1.58 bits per heavy atom. The minimum absolute atomic E-state index is 0.0240. The number of carbonyl (C=O) groups excluding carboxylic acids is 1. The van der Waals surface area contributed by atoms with E-state index in [4.69, 9.17) is 0 Å². The first-order valence-electron chi connectivity index (χ1n) is 6.11. The standard InChI is InChI=1S/C11H16N4O4/c1-8-12-5-10(15(18)19)14(8)7-9(16)6-13-4-2-3-11(13)17/h5,9,16H,2-4,6-7H2,1H3. The number of β-amino-alcohol motifs (C(OH)–C–C–N with tert-alkyl or cyclic N) is 1. The molecule has 1 aliphatic heterocycles. The van der Waals surface area contributed by atoms with Crippen LogP contribution in [0.25, 0.3) is 0 Å². The average Bonchev–Trinajstić information content (AvgIpc) is 2.88. The Morgan fingerprint density at radius 3 is 2.89 bits per heavy atom. The van der Waals surface area contributed by atoms with Crippen LogP contribution in [0.4, 0.5) is 5.82 Å². The average molecular weight is 268 g/mol. The second-order valence-electron chi connectivity index (χ2n) is 4.63. The van der Waals surface area contributed by atoms with Gasteiger partial charge in [-0.25, -0.2) is 9.55 Å². The molecule has 2 heterocycles. The van der Waals surface area contributed by atoms with Crippen LogP contribution < -0.4 is 0 Å². The number of carbonyl (C=O) groups is 1. The van der Waals surface area contributed by atoms with E-state index in [0.29, 0.717) is 18.8 Å². The van der Waals surface area contributed by atoms with Gasteiger partial charge in [0, 0.05) is 19.9 Å². The summed E-state index contributed by atoms with van der Waals surface area (Å²) < 4.78 is 1.35. The largest absolute Gasteiger partial charge is 0.387 e. The number of aliphatic hydroxyl groups excluding tert-OH is 1. The monoisotopic (exact) mass is 268 g/mol. The molecule has 1 aromatic rings. The molecule has 19 heavy (non-hydrogen) atoms. The molecule has 1 unspecified atom stereocenters. The SMILES string of the molecule is Cc1ncc([N+](=O)[O-])n1CC(O)CN1CCCC1=O. The third-order valence-electron chi connectivity index (χ3n) is 3.22. The smallest absolute Gasteiger partial charge is 0.342 e. The second-order valence-corrected chi connectivity index (χ2v) is 4.63. The summed E-state index contributed by atoms with van der Waals surface area (Å²) in [4.78, 5) is 27.2. The van der Waals surface area contributed by atoms with Crippen LogP contribution in [0, 0.1) is 17.0 Å². The minimum atomic E-state index is -0.839. The van der Waals surface area contributed by atoms with Crippen LogP contribution >= 0.6 is 0 Å². The van der Waals surface area contributed by atoms with Crippen LogP contribution in [-0.2, 0) is 11.3 Å². The number of aryl methyl sites for hydroxylation is 1. The zero-order valence-electron chi connectivity index (χ0n) is 10.7. The van der Waals surface area contributed by atoms with E-state index in [9.17, 15) is 20.0 Å². The van der Waals surface area contributed by atoms with Crippen molar-refractivity contribution in [3.63, 3.8) is 0 Å². The van der Waals surface area contributed by atoms with E-state index in [-0.39, 0.29) is 24.8 Å². The van der Waals surface area contributed by atoms with E-state index < -0.39 is 11.0 Å². The summed E-state index contributed by atoms with van der Waals surface area (Å²) in [5.74, 6) is 0.346. The Kier molecular flexibility index (Phi) is 3.79. The first-order chi connectivity index (χ1) is 8.99. The summed E-state index contributed by atoms with van der Waals surface area (Å²) in [7, 11) is 0. The van der Waals surface area contributed by atoms with Gasteiger partial charge < -0.3 is 20.1 Å². The first-order valence-corrected chi connectivity index (χ1v) is 6.11. The molecule has 1 atom stereocenters. The lowest BCUT2D eigenvalue weighted by molar-refractivity contribution is -0.392. The first kappa shape index (κ1) is 13.5. The van der Waals surface area contributed by atoms with Gasteiger partial charge in [0.15, 0.2) is 5.82 Å². The highest BCUT2D eigenvalue weighted by atomic mass is 16.6. The molecule has 0 spiro atoms. The highest BCUT2D eigenvalue weighted by Gasteiger charge is 2.26. The summed E-state index contributed by atoms with van der Waals surface area (Å²) in [5, 5.41) is 20.8. The number of nitro groups is 1. The Bertz CT molecular complexity index is 499. The van der Waals surface area contributed by atoms with E-state index in [2.05, 4.69) is 4.98 Å². The third-order valence-corrected chi connectivity index (χ3v) is 3.22. The van der Waals surface area contributed by atoms with E-state index >= 15 is 0 Å². The van der Waals surface area contributed by atoms with Gasteiger partial charge in [0.25, 0.3) is 0 Å². The fourth-order valence-corrected chi connectivity index (χ4v) is 2.25. The van der Waals surface area contributed by atoms with E-state index in [1.165, 1.54) is 10.8 Å². The van der Waals surface area contributed by atoms with E-state index in [1.807, 2.05) is 0 Å². The number of nitrogens with zero attached hydrogens (tertiary/aromatic N) is 4. The van der Waals surface area contributed by atoms with Crippen LogP contribution in [0.15, 0.2) is 6.20 Å². The fourth-order valence-electron chi connectivity index (χ4n) is 2.25. The lowest BCUT2D eigenvalue weighted by Crippen LogP contribution is -2.35. The second kappa shape index (κ2) is 5.35. The summed E-state index contributed by atoms with van der Waals surface area (Å²) in [5.41, 5.74) is 0. The Labute approximate surface area is 109 Å². The number of rotatable bonds is 5. The van der Waals surface area contributed by atoms with Crippen molar-refractivity contribution in [2.45, 2.75) is 32.4 Å². The molecule has 1 aliphatic rings. The van der Waals surface area contributed by atoms with Gasteiger partial charge >= 0.3 is 5.82 Å². The molecule has 1 N–H and O–H groups in total. The molecule has 0 bridgehead atoms. The lowest BCUT2D eigenvalue weighted by Gasteiger charge is -2.19. The van der Waals surface area contributed by atoms with Gasteiger partial charge in [-0.15, -0.1) is 0 Å². The van der Waals surface area contributed by atoms with Gasteiger partial charge in [-0.1, -0.05) is 0 Å². The molecule has 2 rings (SSSR count). The topological polar surface area (TPSA) is 102 Å². The van der Waals surface area contributed by atoms with E-state index in [1.54, 1.807) is 11.8 Å². The number of likely N-dealkylation sites (tertiary alicyclic amines) is 1. The maximum absolute atomic E-state index is 11.4. The Balaban J connectivity index is 2.02. The summed E-state index contributed by atoms with van der Waals surface area (Å²) in [6, 6.07) is 0. The third kappa shape index (κ3) is 2.90. The fraction of sp³-hybridized carbons (Fsp3) is 0.636. The van der Waals surface area contributed by atoms with Gasteiger partial charge in [-0.2, -0.15) is 0 Å². The van der Waals surface area contributed by atoms with Crippen LogP contribution in [0.2, 0.25) is 0 Å². The maximum atomic E-state index is 11.4. The van der Waals surface area contributed by atoms with Crippen LogP contribution in [0.1, 0.15) is 18.7 Å². The Hall–Kier alpha value is -1.96. The number of amides is 1. The number of hydrogen-bond acceptors (Lipinski definition) is 5. The van der Waals surface area contributed by atoms with Gasteiger partial charge in [0.2, 0.25) is 5.91 Å². The summed E-state index contributed by atoms with van der Waals surface area (Å²) in [6.45, 7) is 2.54. The predicted molar refractivity (Wildman–Crippen MR) is 65.4 cm³/mol. The van der Waals surface area contributed by atoms with Crippen molar-refractivity contribution in [3.05, 3.63) is 22.1 Å². The van der Waals surface area contributed by atoms with Crippen molar-refractivity contribution in [2.24, 2.45) is 0 Å². The van der Waals surface area contributed by atoms with Crippen LogP contribution in [0.5, 0.6) is 0 Å². The highest BCUT2D eigenvalue weighted by molar-refractivity contribution is 5.78. The molecule has 8 heteroatoms. The van der Waals surface area contributed by atoms with Gasteiger partial charge in [-0.05, 0) is 11.3 Å². The molecular formula is C11H16N4O4. The molecule has 0 saturated carbocycles. The van der Waals surface area contributed by atoms with Crippen LogP contribution in [-0.4, -0.2) is 49.6 Å². The number of imidazole rings is 1. The minimum Gasteiger partial charge on any atom is -0.387 e. The molecule has 1 saturated heterocycles. The van der Waals surface area contributed by atoms with Gasteiger partial charge in [0.1, 0.15) is 18.8 Å². The number of aliphatic hydroxyl groups is 1. The molecule has 0 aromatic carbocycles. The van der Waals surface area contributed by atoms with Crippen molar-refractivity contribution in [1.82, 2.24) is 14.5 Å². The number of aromatic nitrogens is 2.